The van der Waals surface area contributed by atoms with E-state index in [0.29, 0.717) is 46.8 Å². The van der Waals surface area contributed by atoms with Crippen LogP contribution in [0.2, 0.25) is 5.02 Å². The molecule has 0 unspecified atom stereocenters. The maximum absolute atomic E-state index is 12.7. The predicted octanol–water partition coefficient (Wildman–Crippen LogP) is 3.97. The van der Waals surface area contributed by atoms with Crippen LogP contribution in [-0.4, -0.2) is 34.3 Å². The van der Waals surface area contributed by atoms with Gasteiger partial charge < -0.3 is 15.4 Å². The number of halogens is 1. The molecule has 0 spiro atoms. The summed E-state index contributed by atoms with van der Waals surface area (Å²) in [4.78, 5) is 17.0. The first-order valence-corrected chi connectivity index (χ1v) is 9.98. The molecule has 2 aliphatic rings. The minimum atomic E-state index is -0.152. The van der Waals surface area contributed by atoms with Crippen molar-refractivity contribution in [2.75, 3.05) is 19.0 Å². The van der Waals surface area contributed by atoms with Gasteiger partial charge in [-0.3, -0.25) is 14.5 Å². The maximum Gasteiger partial charge on any atom is 0.271 e. The highest BCUT2D eigenvalue weighted by Crippen LogP contribution is 2.46. The average molecular weight is 410 g/mol. The standard InChI is InChI=1S/C21H20ClN5O2/c1-29-20-15(22)3-2-4-16(20)25-18-17(26-27-10-9-24-21(28)19(18)27)13-7-8-23-11-14(13)12-5-6-12/h2-4,7-8,11-12,25H,5-6,9-10H2,1H3,(H,24,28). The number of amides is 1. The molecule has 8 heteroatoms. The molecule has 0 atom stereocenters. The Balaban J connectivity index is 1.70. The van der Waals surface area contributed by atoms with Crippen LogP contribution in [0.5, 0.6) is 5.75 Å². The molecule has 0 saturated heterocycles. The lowest BCUT2D eigenvalue weighted by Crippen LogP contribution is -2.35. The van der Waals surface area contributed by atoms with Gasteiger partial charge in [0.15, 0.2) is 5.75 Å². The predicted molar refractivity (Wildman–Crippen MR) is 111 cm³/mol. The van der Waals surface area contributed by atoms with Gasteiger partial charge in [0, 0.05) is 24.5 Å². The molecule has 0 bridgehead atoms. The Morgan fingerprint density at radius 2 is 2.17 bits per heavy atom. The number of hydrogen-bond donors (Lipinski definition) is 2. The van der Waals surface area contributed by atoms with Crippen molar-refractivity contribution in [3.05, 3.63) is 52.9 Å². The van der Waals surface area contributed by atoms with E-state index in [-0.39, 0.29) is 5.91 Å². The van der Waals surface area contributed by atoms with Crippen molar-refractivity contribution in [2.24, 2.45) is 0 Å². The number of nitrogens with one attached hydrogen (secondary N) is 2. The third-order valence-corrected chi connectivity index (χ3v) is 5.63. The fourth-order valence-corrected chi connectivity index (χ4v) is 4.06. The smallest absolute Gasteiger partial charge is 0.271 e. The number of carbonyl (C=O) groups is 1. The van der Waals surface area contributed by atoms with Gasteiger partial charge in [0.05, 0.1) is 30.1 Å². The maximum atomic E-state index is 12.7. The minimum absolute atomic E-state index is 0.152. The van der Waals surface area contributed by atoms with Crippen LogP contribution >= 0.6 is 11.6 Å². The molecule has 7 nitrogen and oxygen atoms in total. The van der Waals surface area contributed by atoms with Crippen molar-refractivity contribution < 1.29 is 9.53 Å². The lowest BCUT2D eigenvalue weighted by atomic mass is 10.0. The summed E-state index contributed by atoms with van der Waals surface area (Å²) in [5.74, 6) is 0.869. The van der Waals surface area contributed by atoms with E-state index in [1.165, 1.54) is 5.56 Å². The highest BCUT2D eigenvalue weighted by molar-refractivity contribution is 6.32. The molecule has 3 aromatic rings. The Morgan fingerprint density at radius 3 is 2.97 bits per heavy atom. The summed E-state index contributed by atoms with van der Waals surface area (Å²) in [6.45, 7) is 1.17. The number of rotatable bonds is 5. The topological polar surface area (TPSA) is 81.1 Å². The quantitative estimate of drug-likeness (QED) is 0.666. The van der Waals surface area contributed by atoms with Crippen LogP contribution in [0.15, 0.2) is 36.7 Å². The molecule has 148 valence electrons. The highest BCUT2D eigenvalue weighted by Gasteiger charge is 2.32. The summed E-state index contributed by atoms with van der Waals surface area (Å²) in [7, 11) is 1.57. The molecule has 1 amide bonds. The Labute approximate surface area is 173 Å². The Bertz CT molecular complexity index is 1110. The number of aromatic nitrogens is 3. The van der Waals surface area contributed by atoms with Crippen LogP contribution in [0.3, 0.4) is 0 Å². The number of nitrogens with zero attached hydrogens (tertiary/aromatic N) is 3. The van der Waals surface area contributed by atoms with Crippen molar-refractivity contribution in [3.63, 3.8) is 0 Å². The molecule has 1 aliphatic carbocycles. The summed E-state index contributed by atoms with van der Waals surface area (Å²) in [6, 6.07) is 7.44. The first-order valence-electron chi connectivity index (χ1n) is 9.60. The second-order valence-corrected chi connectivity index (χ2v) is 7.64. The van der Waals surface area contributed by atoms with Gasteiger partial charge in [-0.05, 0) is 42.5 Å². The summed E-state index contributed by atoms with van der Waals surface area (Å²) < 4.78 is 7.25. The minimum Gasteiger partial charge on any atom is -0.493 e. The van der Waals surface area contributed by atoms with E-state index < -0.39 is 0 Å². The molecular weight excluding hydrogens is 390 g/mol. The van der Waals surface area contributed by atoms with Gasteiger partial charge in [0.1, 0.15) is 11.4 Å². The van der Waals surface area contributed by atoms with Crippen LogP contribution in [-0.2, 0) is 6.54 Å². The summed E-state index contributed by atoms with van der Waals surface area (Å²) in [5, 5.41) is 11.6. The molecule has 0 radical (unpaired) electrons. The first-order chi connectivity index (χ1) is 14.2. The van der Waals surface area contributed by atoms with Crippen molar-refractivity contribution in [1.82, 2.24) is 20.1 Å². The second kappa shape index (κ2) is 7.08. The fraction of sp³-hybridized carbons (Fsp3) is 0.286. The van der Waals surface area contributed by atoms with E-state index in [0.717, 1.165) is 24.1 Å². The zero-order chi connectivity index (χ0) is 20.0. The van der Waals surface area contributed by atoms with E-state index in [1.807, 2.05) is 24.4 Å². The number of methoxy groups -OCH3 is 1. The number of benzene rings is 1. The van der Waals surface area contributed by atoms with Crippen LogP contribution in [0.25, 0.3) is 11.3 Å². The fourth-order valence-electron chi connectivity index (χ4n) is 3.81. The van der Waals surface area contributed by atoms with E-state index in [1.54, 1.807) is 24.1 Å². The summed E-state index contributed by atoms with van der Waals surface area (Å²) >= 11 is 6.30. The lowest BCUT2D eigenvalue weighted by molar-refractivity contribution is 0.0925. The number of fused-ring (bicyclic) bond motifs is 1. The number of carbonyl (C=O) groups excluding carboxylic acids is 1. The zero-order valence-electron chi connectivity index (χ0n) is 15.9. The Kier molecular flexibility index (Phi) is 4.39. The molecule has 3 heterocycles. The van der Waals surface area contributed by atoms with Gasteiger partial charge in [-0.2, -0.15) is 5.10 Å². The van der Waals surface area contributed by atoms with Crippen LogP contribution in [0.4, 0.5) is 11.4 Å². The highest BCUT2D eigenvalue weighted by atomic mass is 35.5. The van der Waals surface area contributed by atoms with E-state index in [2.05, 4.69) is 15.6 Å². The second-order valence-electron chi connectivity index (χ2n) is 7.23. The molecule has 5 rings (SSSR count). The summed E-state index contributed by atoms with van der Waals surface area (Å²) in [6.07, 6.45) is 5.98. The van der Waals surface area contributed by atoms with Gasteiger partial charge >= 0.3 is 0 Å². The number of pyridine rings is 1. The van der Waals surface area contributed by atoms with Gasteiger partial charge in [-0.15, -0.1) is 0 Å². The van der Waals surface area contributed by atoms with Crippen molar-refractivity contribution >= 4 is 28.9 Å². The number of ether oxygens (including phenoxy) is 1. The first kappa shape index (κ1) is 18.0. The normalized spacial score (nSPS) is 15.6. The van der Waals surface area contributed by atoms with Gasteiger partial charge in [0.2, 0.25) is 0 Å². The number of anilines is 2. The monoisotopic (exact) mass is 409 g/mol. The molecule has 2 aromatic heterocycles. The van der Waals surface area contributed by atoms with Crippen LogP contribution in [0, 0.1) is 0 Å². The third kappa shape index (κ3) is 3.11. The van der Waals surface area contributed by atoms with Gasteiger partial charge in [-0.1, -0.05) is 17.7 Å². The van der Waals surface area contributed by atoms with Crippen molar-refractivity contribution in [1.29, 1.82) is 0 Å². The third-order valence-electron chi connectivity index (χ3n) is 5.33. The Hall–Kier alpha value is -3.06. The van der Waals surface area contributed by atoms with Gasteiger partial charge in [0.25, 0.3) is 5.91 Å². The molecule has 1 saturated carbocycles. The molecule has 2 N–H and O–H groups in total. The van der Waals surface area contributed by atoms with E-state index in [9.17, 15) is 4.79 Å². The van der Waals surface area contributed by atoms with Crippen molar-refractivity contribution in [3.8, 4) is 17.0 Å². The molecular formula is C21H20ClN5O2. The molecule has 1 fully saturated rings. The zero-order valence-corrected chi connectivity index (χ0v) is 16.7. The summed E-state index contributed by atoms with van der Waals surface area (Å²) in [5.41, 5.74) is 4.74. The van der Waals surface area contributed by atoms with E-state index in [4.69, 9.17) is 21.4 Å². The van der Waals surface area contributed by atoms with Crippen molar-refractivity contribution in [2.45, 2.75) is 25.3 Å². The Morgan fingerprint density at radius 1 is 1.31 bits per heavy atom. The SMILES string of the molecule is COc1c(Cl)cccc1Nc1c(-c2ccncc2C2CC2)nn2c1C(=O)NCC2. The lowest BCUT2D eigenvalue weighted by Gasteiger charge is -2.17. The van der Waals surface area contributed by atoms with Crippen LogP contribution < -0.4 is 15.4 Å². The largest absolute Gasteiger partial charge is 0.493 e. The number of para-hydroxylation sites is 1. The molecule has 1 aromatic carbocycles. The average Bonchev–Trinajstić information content (AvgIpc) is 3.51. The van der Waals surface area contributed by atoms with E-state index >= 15 is 0 Å². The number of hydrogen-bond acceptors (Lipinski definition) is 5. The molecule has 29 heavy (non-hydrogen) atoms. The van der Waals surface area contributed by atoms with Gasteiger partial charge in [-0.25, -0.2) is 0 Å². The van der Waals surface area contributed by atoms with Crippen LogP contribution in [0.1, 0.15) is 34.8 Å². The molecule has 1 aliphatic heterocycles.